The topological polar surface area (TPSA) is 74.8 Å². The molecule has 156 valence electrons. The molecule has 0 saturated carbocycles. The standard InChI is InChI=1S/C21H24N6S3/c1-3-8-22-19-23-9-16(29-19)10-24-20-25-11-17(30-20)12-26-21-27-18(13-28-21)15-6-4-14(2)5-7-15/h4-7,9,11,13H,3,8,10,12H2,1-2H3,(H,22,23)(H,24,25)(H,26,27). The number of benzene rings is 1. The van der Waals surface area contributed by atoms with Crippen molar-refractivity contribution in [2.45, 2.75) is 33.4 Å². The third-order valence-corrected chi connectivity index (χ3v) is 7.02. The van der Waals surface area contributed by atoms with E-state index < -0.39 is 0 Å². The molecule has 3 heterocycles. The Morgan fingerprint density at radius 1 is 0.833 bits per heavy atom. The Morgan fingerprint density at radius 2 is 1.47 bits per heavy atom. The van der Waals surface area contributed by atoms with E-state index in [1.54, 1.807) is 34.0 Å². The molecule has 0 fully saturated rings. The number of nitrogens with zero attached hydrogens (tertiary/aromatic N) is 3. The average molecular weight is 457 g/mol. The molecule has 0 spiro atoms. The summed E-state index contributed by atoms with van der Waals surface area (Å²) in [6.07, 6.45) is 4.92. The van der Waals surface area contributed by atoms with Gasteiger partial charge in [-0.2, -0.15) is 0 Å². The van der Waals surface area contributed by atoms with Crippen LogP contribution in [0.15, 0.2) is 42.0 Å². The van der Waals surface area contributed by atoms with Crippen LogP contribution in [0.2, 0.25) is 0 Å². The van der Waals surface area contributed by atoms with Crippen molar-refractivity contribution in [1.82, 2.24) is 15.0 Å². The second-order valence-corrected chi connectivity index (χ2v) is 9.89. The minimum atomic E-state index is 0.714. The van der Waals surface area contributed by atoms with Crippen LogP contribution >= 0.6 is 34.0 Å². The van der Waals surface area contributed by atoms with E-state index in [0.717, 1.165) is 46.2 Å². The van der Waals surface area contributed by atoms with Crippen molar-refractivity contribution in [2.24, 2.45) is 0 Å². The number of thiazole rings is 3. The van der Waals surface area contributed by atoms with Gasteiger partial charge < -0.3 is 16.0 Å². The molecule has 0 radical (unpaired) electrons. The van der Waals surface area contributed by atoms with Crippen LogP contribution in [-0.4, -0.2) is 21.5 Å². The molecular formula is C21H24N6S3. The SMILES string of the molecule is CCCNc1ncc(CNc2ncc(CNc3nc(-c4ccc(C)cc4)cs3)s2)s1. The van der Waals surface area contributed by atoms with Crippen LogP contribution in [0.3, 0.4) is 0 Å². The smallest absolute Gasteiger partial charge is 0.183 e. The lowest BCUT2D eigenvalue weighted by molar-refractivity contribution is 0.976. The van der Waals surface area contributed by atoms with Gasteiger partial charge in [0.05, 0.1) is 18.8 Å². The van der Waals surface area contributed by atoms with Crippen molar-refractivity contribution in [2.75, 3.05) is 22.5 Å². The average Bonchev–Trinajstić information content (AvgIpc) is 3.50. The van der Waals surface area contributed by atoms with E-state index in [4.69, 9.17) is 4.98 Å². The third-order valence-electron chi connectivity index (χ3n) is 4.31. The first-order valence-electron chi connectivity index (χ1n) is 9.83. The molecule has 1 aromatic carbocycles. The van der Waals surface area contributed by atoms with Crippen molar-refractivity contribution in [3.8, 4) is 11.3 Å². The Bertz CT molecular complexity index is 1070. The number of hydrogen-bond acceptors (Lipinski definition) is 9. The van der Waals surface area contributed by atoms with Gasteiger partial charge in [0, 0.05) is 39.6 Å². The Kier molecular flexibility index (Phi) is 6.93. The number of aromatic nitrogens is 3. The van der Waals surface area contributed by atoms with Crippen molar-refractivity contribution in [3.63, 3.8) is 0 Å². The molecule has 6 nitrogen and oxygen atoms in total. The second kappa shape index (κ2) is 10.0. The molecule has 0 amide bonds. The number of anilines is 3. The van der Waals surface area contributed by atoms with E-state index in [9.17, 15) is 0 Å². The molecule has 0 aliphatic heterocycles. The van der Waals surface area contributed by atoms with Gasteiger partial charge in [0.1, 0.15) is 0 Å². The molecule has 0 saturated heterocycles. The van der Waals surface area contributed by atoms with Crippen LogP contribution in [0, 0.1) is 6.92 Å². The van der Waals surface area contributed by atoms with Gasteiger partial charge in [-0.25, -0.2) is 15.0 Å². The molecule has 3 N–H and O–H groups in total. The zero-order chi connectivity index (χ0) is 20.8. The van der Waals surface area contributed by atoms with E-state index in [-0.39, 0.29) is 0 Å². The summed E-state index contributed by atoms with van der Waals surface area (Å²) in [7, 11) is 0. The Labute approximate surface area is 188 Å². The largest absolute Gasteiger partial charge is 0.362 e. The number of nitrogens with one attached hydrogen (secondary N) is 3. The summed E-state index contributed by atoms with van der Waals surface area (Å²) in [4.78, 5) is 15.9. The maximum Gasteiger partial charge on any atom is 0.183 e. The summed E-state index contributed by atoms with van der Waals surface area (Å²) in [5.41, 5.74) is 3.41. The molecule has 30 heavy (non-hydrogen) atoms. The van der Waals surface area contributed by atoms with Crippen LogP contribution in [0.25, 0.3) is 11.3 Å². The van der Waals surface area contributed by atoms with Crippen LogP contribution < -0.4 is 16.0 Å². The van der Waals surface area contributed by atoms with Crippen LogP contribution in [0.1, 0.15) is 28.7 Å². The first-order valence-corrected chi connectivity index (χ1v) is 12.3. The molecular weight excluding hydrogens is 432 g/mol. The quantitative estimate of drug-likeness (QED) is 0.269. The summed E-state index contributed by atoms with van der Waals surface area (Å²) in [6.45, 7) is 6.64. The van der Waals surface area contributed by atoms with Gasteiger partial charge in [-0.05, 0) is 13.3 Å². The van der Waals surface area contributed by atoms with Gasteiger partial charge in [-0.15, -0.1) is 34.0 Å². The fourth-order valence-electron chi connectivity index (χ4n) is 2.71. The first kappa shape index (κ1) is 20.8. The van der Waals surface area contributed by atoms with Gasteiger partial charge in [0.25, 0.3) is 0 Å². The highest BCUT2D eigenvalue weighted by Crippen LogP contribution is 2.27. The predicted octanol–water partition coefficient (Wildman–Crippen LogP) is 6.08. The Balaban J connectivity index is 1.27. The van der Waals surface area contributed by atoms with E-state index >= 15 is 0 Å². The van der Waals surface area contributed by atoms with Crippen molar-refractivity contribution < 1.29 is 0 Å². The number of aryl methyl sites for hydroxylation is 1. The molecule has 0 bridgehead atoms. The lowest BCUT2D eigenvalue weighted by Gasteiger charge is -2.00. The third kappa shape index (κ3) is 5.56. The maximum atomic E-state index is 4.70. The van der Waals surface area contributed by atoms with E-state index in [0.29, 0.717) is 6.54 Å². The molecule has 3 aromatic heterocycles. The zero-order valence-electron chi connectivity index (χ0n) is 16.9. The van der Waals surface area contributed by atoms with Gasteiger partial charge >= 0.3 is 0 Å². The van der Waals surface area contributed by atoms with Crippen LogP contribution in [0.5, 0.6) is 0 Å². The van der Waals surface area contributed by atoms with Crippen molar-refractivity contribution >= 4 is 49.4 Å². The van der Waals surface area contributed by atoms with Crippen LogP contribution in [-0.2, 0) is 13.1 Å². The molecule has 4 aromatic rings. The Hall–Kier alpha value is -2.49. The maximum absolute atomic E-state index is 4.70. The van der Waals surface area contributed by atoms with Crippen LogP contribution in [0.4, 0.5) is 15.4 Å². The summed E-state index contributed by atoms with van der Waals surface area (Å²) in [5, 5.41) is 15.0. The fraction of sp³-hybridized carbons (Fsp3) is 0.286. The highest BCUT2D eigenvalue weighted by atomic mass is 32.1. The minimum Gasteiger partial charge on any atom is -0.362 e. The van der Waals surface area contributed by atoms with Gasteiger partial charge in [0.15, 0.2) is 15.4 Å². The number of hydrogen-bond donors (Lipinski definition) is 3. The van der Waals surface area contributed by atoms with Crippen molar-refractivity contribution in [1.29, 1.82) is 0 Å². The molecule has 0 aliphatic carbocycles. The summed E-state index contributed by atoms with van der Waals surface area (Å²) in [5.74, 6) is 0. The minimum absolute atomic E-state index is 0.714. The Morgan fingerprint density at radius 3 is 2.13 bits per heavy atom. The van der Waals surface area contributed by atoms with Gasteiger partial charge in [0.2, 0.25) is 0 Å². The fourth-order valence-corrected chi connectivity index (χ4v) is 4.96. The highest BCUT2D eigenvalue weighted by molar-refractivity contribution is 7.16. The lowest BCUT2D eigenvalue weighted by Crippen LogP contribution is -1.98. The summed E-state index contributed by atoms with van der Waals surface area (Å²) in [6, 6.07) is 8.45. The molecule has 0 unspecified atom stereocenters. The second-order valence-electron chi connectivity index (χ2n) is 6.80. The summed E-state index contributed by atoms with van der Waals surface area (Å²) < 4.78 is 0. The monoisotopic (exact) mass is 456 g/mol. The van der Waals surface area contributed by atoms with E-state index in [1.807, 2.05) is 12.4 Å². The van der Waals surface area contributed by atoms with Crippen molar-refractivity contribution in [3.05, 3.63) is 57.4 Å². The lowest BCUT2D eigenvalue weighted by atomic mass is 10.1. The predicted molar refractivity (Wildman–Crippen MR) is 130 cm³/mol. The number of rotatable bonds is 10. The van der Waals surface area contributed by atoms with Gasteiger partial charge in [-0.1, -0.05) is 36.8 Å². The normalized spacial score (nSPS) is 10.9. The van der Waals surface area contributed by atoms with E-state index in [2.05, 4.69) is 69.4 Å². The summed E-state index contributed by atoms with van der Waals surface area (Å²) >= 11 is 4.96. The first-order chi connectivity index (χ1) is 14.7. The molecule has 0 atom stereocenters. The molecule has 4 rings (SSSR count). The molecule has 0 aliphatic rings. The van der Waals surface area contributed by atoms with Gasteiger partial charge in [-0.3, -0.25) is 0 Å². The highest BCUT2D eigenvalue weighted by Gasteiger charge is 2.07. The van der Waals surface area contributed by atoms with E-state index in [1.165, 1.54) is 15.3 Å². The molecule has 9 heteroatoms. The zero-order valence-corrected chi connectivity index (χ0v) is 19.4.